The number of rotatable bonds is 3. The van der Waals surface area contributed by atoms with Crippen molar-refractivity contribution in [1.29, 1.82) is 0 Å². The molecule has 0 saturated heterocycles. The zero-order valence-corrected chi connectivity index (χ0v) is 16.1. The summed E-state index contributed by atoms with van der Waals surface area (Å²) in [5, 5.41) is 6.03. The van der Waals surface area contributed by atoms with Crippen molar-refractivity contribution in [3.8, 4) is 11.4 Å². The van der Waals surface area contributed by atoms with Gasteiger partial charge < -0.3 is 15.6 Å². The fourth-order valence-corrected chi connectivity index (χ4v) is 3.05. The lowest BCUT2D eigenvalue weighted by atomic mass is 10.1. The lowest BCUT2D eigenvalue weighted by Gasteiger charge is -2.11. The number of nitrogens with one attached hydrogen (secondary N) is 3. The minimum absolute atomic E-state index is 0.146. The second kappa shape index (κ2) is 7.66. The van der Waals surface area contributed by atoms with Gasteiger partial charge in [-0.1, -0.05) is 6.07 Å². The van der Waals surface area contributed by atoms with Gasteiger partial charge in [0, 0.05) is 53.3 Å². The Kier molecular flexibility index (Phi) is 4.92. The first-order valence-corrected chi connectivity index (χ1v) is 9.18. The highest BCUT2D eigenvalue weighted by atomic mass is 127. The maximum absolute atomic E-state index is 12.4. The Balaban J connectivity index is 1.83. The number of hydrogen-bond acceptors (Lipinski definition) is 6. The van der Waals surface area contributed by atoms with Gasteiger partial charge in [-0.3, -0.25) is 9.78 Å². The number of hydrogen-bond donors (Lipinski definition) is 3. The number of fused-ring (bicyclic) bond motifs is 1. The zero-order valence-electron chi connectivity index (χ0n) is 14.0. The molecule has 134 valence electrons. The largest absolute Gasteiger partial charge is 0.359 e. The summed E-state index contributed by atoms with van der Waals surface area (Å²) in [4.78, 5) is 32.9. The van der Waals surface area contributed by atoms with Crippen LogP contribution in [0.5, 0.6) is 0 Å². The molecule has 9 heteroatoms. The average Bonchev–Trinajstić information content (AvgIpc) is 3.11. The summed E-state index contributed by atoms with van der Waals surface area (Å²) in [7, 11) is 0. The summed E-state index contributed by atoms with van der Waals surface area (Å²) in [6.07, 6.45) is 8.38. The van der Waals surface area contributed by atoms with Crippen molar-refractivity contribution in [1.82, 2.24) is 30.2 Å². The summed E-state index contributed by atoms with van der Waals surface area (Å²) in [6.45, 7) is 0.397. The second-order valence-electron chi connectivity index (χ2n) is 5.62. The van der Waals surface area contributed by atoms with Crippen molar-refractivity contribution < 1.29 is 4.79 Å². The third-order valence-corrected chi connectivity index (χ3v) is 4.47. The molecule has 3 N–H and O–H groups in total. The van der Waals surface area contributed by atoms with Crippen molar-refractivity contribution in [2.45, 2.75) is 6.54 Å². The fraction of sp³-hybridized carbons (Fsp3) is 0.0556. The summed E-state index contributed by atoms with van der Waals surface area (Å²) >= 11 is 2.05. The van der Waals surface area contributed by atoms with Crippen LogP contribution in [0.1, 0.15) is 15.9 Å². The number of pyridine rings is 2. The summed E-state index contributed by atoms with van der Waals surface area (Å²) in [5.41, 5.74) is 3.33. The van der Waals surface area contributed by atoms with Crippen molar-refractivity contribution in [2.24, 2.45) is 0 Å². The standard InChI is InChI=1S/C18H14IN7O/c19-18-22-7-3-6-20-13(10-25-18)16-11-8-24-17(27)15(11)12(9-23-16)26-14-4-1-2-5-21-14/h1-7,9-10,20H,8H2,(H,21,26)(H,24,27). The monoisotopic (exact) mass is 471 g/mol. The molecule has 0 bridgehead atoms. The van der Waals surface area contributed by atoms with Crippen LogP contribution in [0.25, 0.3) is 11.4 Å². The molecule has 3 aromatic heterocycles. The molecule has 4 rings (SSSR count). The minimum Gasteiger partial charge on any atom is -0.359 e. The van der Waals surface area contributed by atoms with Crippen LogP contribution in [0.3, 0.4) is 0 Å². The smallest absolute Gasteiger partial charge is 0.254 e. The molecule has 0 aromatic carbocycles. The quantitative estimate of drug-likeness (QED) is 0.507. The van der Waals surface area contributed by atoms with Crippen LogP contribution in [0, 0.1) is 3.83 Å². The number of aromatic amines is 1. The molecule has 4 heterocycles. The van der Waals surface area contributed by atoms with Gasteiger partial charge in [-0.2, -0.15) is 0 Å². The molecule has 27 heavy (non-hydrogen) atoms. The molecule has 0 radical (unpaired) electrons. The zero-order chi connectivity index (χ0) is 18.6. The lowest BCUT2D eigenvalue weighted by molar-refractivity contribution is 0.0966. The van der Waals surface area contributed by atoms with Gasteiger partial charge in [0.05, 0.1) is 35.0 Å². The topological polar surface area (TPSA) is 108 Å². The summed E-state index contributed by atoms with van der Waals surface area (Å²) < 4.78 is 0.595. The predicted octanol–water partition coefficient (Wildman–Crippen LogP) is 2.98. The van der Waals surface area contributed by atoms with Crippen LogP contribution in [0.4, 0.5) is 11.5 Å². The second-order valence-corrected chi connectivity index (χ2v) is 6.58. The third-order valence-electron chi connectivity index (χ3n) is 3.92. The Morgan fingerprint density at radius 3 is 2.78 bits per heavy atom. The predicted molar refractivity (Wildman–Crippen MR) is 109 cm³/mol. The number of anilines is 2. The van der Waals surface area contributed by atoms with E-state index in [4.69, 9.17) is 0 Å². The number of amides is 1. The van der Waals surface area contributed by atoms with Gasteiger partial charge in [-0.05, 0) is 18.2 Å². The molecular formula is C18H14IN7O. The maximum Gasteiger partial charge on any atom is 0.254 e. The molecule has 0 unspecified atom stereocenters. The number of H-pyrrole nitrogens is 1. The van der Waals surface area contributed by atoms with E-state index in [1.807, 2.05) is 40.8 Å². The molecule has 0 aliphatic carbocycles. The highest BCUT2D eigenvalue weighted by Crippen LogP contribution is 2.31. The molecule has 0 spiro atoms. The van der Waals surface area contributed by atoms with Crippen molar-refractivity contribution in [3.63, 3.8) is 0 Å². The summed E-state index contributed by atoms with van der Waals surface area (Å²) in [5.74, 6) is 0.501. The highest BCUT2D eigenvalue weighted by Gasteiger charge is 2.27. The van der Waals surface area contributed by atoms with Crippen LogP contribution in [-0.2, 0) is 6.54 Å². The number of aromatic nitrogens is 5. The maximum atomic E-state index is 12.4. The van der Waals surface area contributed by atoms with Crippen molar-refractivity contribution >= 4 is 40.0 Å². The molecule has 1 aliphatic rings. The number of carbonyl (C=O) groups is 1. The van der Waals surface area contributed by atoms with Crippen LogP contribution < -0.4 is 10.6 Å². The van der Waals surface area contributed by atoms with E-state index in [1.165, 1.54) is 0 Å². The number of carbonyl (C=O) groups excluding carboxylic acids is 1. The van der Waals surface area contributed by atoms with Crippen LogP contribution in [0.15, 0.2) is 55.2 Å². The van der Waals surface area contributed by atoms with Gasteiger partial charge in [0.1, 0.15) is 5.82 Å². The highest BCUT2D eigenvalue weighted by molar-refractivity contribution is 14.1. The molecule has 8 nitrogen and oxygen atoms in total. The SMILES string of the molecule is O=C1NCc2c(-c3cnc(I)nccc[nH]3)ncc(Nc3ccccn3)c21. The summed E-state index contributed by atoms with van der Waals surface area (Å²) in [6, 6.07) is 7.31. The first-order valence-electron chi connectivity index (χ1n) is 8.10. The first kappa shape index (κ1) is 17.3. The van der Waals surface area contributed by atoms with E-state index in [9.17, 15) is 4.79 Å². The molecule has 0 atom stereocenters. The van der Waals surface area contributed by atoms with E-state index in [0.29, 0.717) is 38.8 Å². The first-order chi connectivity index (χ1) is 13.2. The Morgan fingerprint density at radius 1 is 1.04 bits per heavy atom. The van der Waals surface area contributed by atoms with Crippen molar-refractivity contribution in [3.05, 3.63) is 70.2 Å². The molecule has 1 aliphatic heterocycles. The Morgan fingerprint density at radius 2 is 1.93 bits per heavy atom. The van der Waals surface area contributed by atoms with E-state index >= 15 is 0 Å². The van der Waals surface area contributed by atoms with Gasteiger partial charge in [-0.25, -0.2) is 15.0 Å². The molecular weight excluding hydrogens is 457 g/mol. The van der Waals surface area contributed by atoms with E-state index in [2.05, 4.69) is 35.6 Å². The van der Waals surface area contributed by atoms with Crippen LogP contribution in [-0.4, -0.2) is 30.8 Å². The van der Waals surface area contributed by atoms with Crippen LogP contribution in [0.2, 0.25) is 0 Å². The lowest BCUT2D eigenvalue weighted by Crippen LogP contribution is -2.13. The van der Waals surface area contributed by atoms with Gasteiger partial charge in [-0.15, -0.1) is 0 Å². The van der Waals surface area contributed by atoms with E-state index in [0.717, 1.165) is 5.56 Å². The average molecular weight is 471 g/mol. The van der Waals surface area contributed by atoms with E-state index in [-0.39, 0.29) is 5.91 Å². The Hall–Kier alpha value is -3.08. The fourth-order valence-electron chi connectivity index (χ4n) is 2.75. The number of halogens is 1. The van der Waals surface area contributed by atoms with Gasteiger partial charge >= 0.3 is 0 Å². The molecule has 0 fully saturated rings. The van der Waals surface area contributed by atoms with Gasteiger partial charge in [0.25, 0.3) is 5.91 Å². The molecule has 0 saturated carbocycles. The Bertz CT molecular complexity index is 1050. The molecule has 3 aromatic rings. The van der Waals surface area contributed by atoms with E-state index < -0.39 is 0 Å². The molecule has 1 amide bonds. The van der Waals surface area contributed by atoms with Gasteiger partial charge in [0.15, 0.2) is 3.83 Å². The number of nitrogens with zero attached hydrogens (tertiary/aromatic N) is 4. The van der Waals surface area contributed by atoms with Crippen molar-refractivity contribution in [2.75, 3.05) is 5.32 Å². The Labute approximate surface area is 168 Å². The third kappa shape index (κ3) is 3.72. The van der Waals surface area contributed by atoms with Gasteiger partial charge in [0.2, 0.25) is 0 Å². The van der Waals surface area contributed by atoms with Crippen LogP contribution >= 0.6 is 22.6 Å². The minimum atomic E-state index is -0.146. The normalized spacial score (nSPS) is 12.1. The van der Waals surface area contributed by atoms with E-state index in [1.54, 1.807) is 37.1 Å².